The summed E-state index contributed by atoms with van der Waals surface area (Å²) in [6, 6.07) is 19.7. The summed E-state index contributed by atoms with van der Waals surface area (Å²) in [5.41, 5.74) is 4.74. The summed E-state index contributed by atoms with van der Waals surface area (Å²) in [7, 11) is 4.50. The zero-order valence-corrected chi connectivity index (χ0v) is 15.9. The highest BCUT2D eigenvalue weighted by molar-refractivity contribution is 5.78. The van der Waals surface area contributed by atoms with Gasteiger partial charge in [-0.05, 0) is 42.8 Å². The molecule has 0 fully saturated rings. The highest BCUT2D eigenvalue weighted by Crippen LogP contribution is 2.34. The Hall–Kier alpha value is -3.05. The second-order valence-electron chi connectivity index (χ2n) is 6.11. The number of benzene rings is 2. The van der Waals surface area contributed by atoms with Crippen LogP contribution in [0.25, 0.3) is 16.8 Å². The van der Waals surface area contributed by atoms with Gasteiger partial charge >= 0.3 is 5.97 Å². The Balaban J connectivity index is 2.22. The number of esters is 1. The number of hydrogen-bond acceptors (Lipinski definition) is 4. The maximum atomic E-state index is 12.3. The van der Waals surface area contributed by atoms with Crippen LogP contribution >= 0.6 is 0 Å². The molecule has 0 unspecified atom stereocenters. The molecule has 1 atom stereocenters. The fourth-order valence-electron chi connectivity index (χ4n) is 3.25. The number of hydrogen-bond donors (Lipinski definition) is 0. The molecule has 2 aromatic carbocycles. The quantitative estimate of drug-likeness (QED) is 0.611. The molecule has 140 valence electrons. The van der Waals surface area contributed by atoms with Crippen LogP contribution in [0.4, 0.5) is 0 Å². The number of methoxy groups -OCH3 is 3. The minimum Gasteiger partial charge on any atom is -0.497 e. The van der Waals surface area contributed by atoms with E-state index in [1.165, 1.54) is 14.2 Å². The molecule has 0 spiro atoms. The summed E-state index contributed by atoms with van der Waals surface area (Å²) in [5, 5.41) is 0. The van der Waals surface area contributed by atoms with Crippen LogP contribution in [0.5, 0.6) is 5.75 Å². The largest absolute Gasteiger partial charge is 0.497 e. The van der Waals surface area contributed by atoms with Crippen LogP contribution in [0.1, 0.15) is 17.5 Å². The Labute approximate surface area is 159 Å². The lowest BCUT2D eigenvalue weighted by Crippen LogP contribution is -2.19. The Bertz CT molecular complexity index is 913. The summed E-state index contributed by atoms with van der Waals surface area (Å²) in [6.45, 7) is 2.03. The van der Waals surface area contributed by atoms with Crippen LogP contribution in [0.2, 0.25) is 0 Å². The molecule has 0 saturated heterocycles. The third kappa shape index (κ3) is 3.59. The minimum absolute atomic E-state index is 0.440. The molecule has 0 aliphatic heterocycles. The van der Waals surface area contributed by atoms with Gasteiger partial charge in [-0.2, -0.15) is 0 Å². The van der Waals surface area contributed by atoms with E-state index in [0.29, 0.717) is 5.69 Å². The van der Waals surface area contributed by atoms with E-state index in [4.69, 9.17) is 14.2 Å². The normalized spacial score (nSPS) is 11.9. The summed E-state index contributed by atoms with van der Waals surface area (Å²) in [4.78, 5) is 12.3. The van der Waals surface area contributed by atoms with E-state index in [2.05, 4.69) is 0 Å². The molecule has 0 aliphatic carbocycles. The first-order valence-corrected chi connectivity index (χ1v) is 8.63. The number of carbonyl (C=O) groups excluding carboxylic acids is 1. The van der Waals surface area contributed by atoms with E-state index < -0.39 is 12.1 Å². The number of aromatic nitrogens is 1. The van der Waals surface area contributed by atoms with Crippen LogP contribution in [-0.4, -0.2) is 31.9 Å². The third-order valence-corrected chi connectivity index (χ3v) is 4.61. The van der Waals surface area contributed by atoms with Crippen molar-refractivity contribution in [1.82, 2.24) is 4.57 Å². The molecule has 0 radical (unpaired) electrons. The summed E-state index contributed by atoms with van der Waals surface area (Å²) in [5.74, 6) is 0.328. The summed E-state index contributed by atoms with van der Waals surface area (Å²) in [6.07, 6.45) is -0.826. The highest BCUT2D eigenvalue weighted by Gasteiger charge is 2.27. The molecule has 0 aliphatic rings. The third-order valence-electron chi connectivity index (χ3n) is 4.61. The fourth-order valence-corrected chi connectivity index (χ4v) is 3.25. The minimum atomic E-state index is -0.826. The standard InChI is InChI=1S/C22H23NO4/c1-15-19(16-8-6-5-7-9-16)14-20(21(26-3)22(24)27-4)23(15)17-10-12-18(25-2)13-11-17/h5-14,21H,1-4H3/t21-/m1/s1. The smallest absolute Gasteiger partial charge is 0.341 e. The van der Waals surface area contributed by atoms with Crippen molar-refractivity contribution < 1.29 is 19.0 Å². The zero-order valence-electron chi connectivity index (χ0n) is 15.9. The number of rotatable bonds is 6. The molecule has 1 aromatic heterocycles. The predicted octanol–water partition coefficient (Wildman–Crippen LogP) is 4.32. The molecule has 0 bridgehead atoms. The lowest BCUT2D eigenvalue weighted by atomic mass is 10.1. The van der Waals surface area contributed by atoms with Gasteiger partial charge in [0.1, 0.15) is 5.75 Å². The average molecular weight is 365 g/mol. The van der Waals surface area contributed by atoms with Crippen molar-refractivity contribution in [3.63, 3.8) is 0 Å². The molecule has 5 nitrogen and oxygen atoms in total. The van der Waals surface area contributed by atoms with Crippen molar-refractivity contribution in [1.29, 1.82) is 0 Å². The van der Waals surface area contributed by atoms with Crippen molar-refractivity contribution >= 4 is 5.97 Å². The van der Waals surface area contributed by atoms with Gasteiger partial charge in [0, 0.05) is 24.1 Å². The highest BCUT2D eigenvalue weighted by atomic mass is 16.6. The molecule has 5 heteroatoms. The van der Waals surface area contributed by atoms with Gasteiger partial charge in [-0.3, -0.25) is 0 Å². The van der Waals surface area contributed by atoms with E-state index in [0.717, 1.165) is 28.3 Å². The molecule has 3 aromatic rings. The van der Waals surface area contributed by atoms with Gasteiger partial charge in [-0.15, -0.1) is 0 Å². The first-order chi connectivity index (χ1) is 13.1. The van der Waals surface area contributed by atoms with Crippen molar-refractivity contribution in [3.05, 3.63) is 72.1 Å². The van der Waals surface area contributed by atoms with Crippen molar-refractivity contribution in [2.24, 2.45) is 0 Å². The SMILES string of the molecule is COC(=O)[C@H](OC)c1cc(-c2ccccc2)c(C)n1-c1ccc(OC)cc1. The van der Waals surface area contributed by atoms with Crippen molar-refractivity contribution in [2.75, 3.05) is 21.3 Å². The van der Waals surface area contributed by atoms with Crippen LogP contribution in [0.15, 0.2) is 60.7 Å². The van der Waals surface area contributed by atoms with Crippen molar-refractivity contribution in [3.8, 4) is 22.6 Å². The first kappa shape index (κ1) is 18.7. The molecular formula is C22H23NO4. The number of carbonyl (C=O) groups is 1. The maximum absolute atomic E-state index is 12.3. The van der Waals surface area contributed by atoms with E-state index in [-0.39, 0.29) is 0 Å². The second-order valence-corrected chi connectivity index (χ2v) is 6.11. The van der Waals surface area contributed by atoms with E-state index in [9.17, 15) is 4.79 Å². The van der Waals surface area contributed by atoms with Gasteiger partial charge in [-0.1, -0.05) is 30.3 Å². The maximum Gasteiger partial charge on any atom is 0.341 e. The summed E-state index contributed by atoms with van der Waals surface area (Å²) < 4.78 is 17.7. The number of ether oxygens (including phenoxy) is 3. The molecule has 1 heterocycles. The predicted molar refractivity (Wildman–Crippen MR) is 104 cm³/mol. The Kier molecular flexibility index (Phi) is 5.62. The lowest BCUT2D eigenvalue weighted by molar-refractivity contribution is -0.153. The lowest BCUT2D eigenvalue weighted by Gasteiger charge is -2.18. The van der Waals surface area contributed by atoms with Gasteiger partial charge < -0.3 is 18.8 Å². The van der Waals surface area contributed by atoms with Gasteiger partial charge in [0.2, 0.25) is 0 Å². The molecule has 0 amide bonds. The van der Waals surface area contributed by atoms with E-state index >= 15 is 0 Å². The average Bonchev–Trinajstić information content (AvgIpc) is 3.06. The van der Waals surface area contributed by atoms with Gasteiger partial charge in [0.05, 0.1) is 19.9 Å². The van der Waals surface area contributed by atoms with Gasteiger partial charge in [-0.25, -0.2) is 4.79 Å². The Morgan fingerprint density at radius 1 is 0.963 bits per heavy atom. The van der Waals surface area contributed by atoms with E-state index in [1.807, 2.05) is 72.2 Å². The molecule has 0 saturated carbocycles. The topological polar surface area (TPSA) is 49.7 Å². The second kappa shape index (κ2) is 8.10. The number of nitrogens with zero attached hydrogens (tertiary/aromatic N) is 1. The fraction of sp³-hybridized carbons (Fsp3) is 0.227. The molecule has 3 rings (SSSR count). The van der Waals surface area contributed by atoms with Crippen LogP contribution < -0.4 is 4.74 Å². The Morgan fingerprint density at radius 3 is 2.19 bits per heavy atom. The summed E-state index contributed by atoms with van der Waals surface area (Å²) >= 11 is 0. The van der Waals surface area contributed by atoms with Crippen LogP contribution in [0.3, 0.4) is 0 Å². The molecule has 27 heavy (non-hydrogen) atoms. The first-order valence-electron chi connectivity index (χ1n) is 8.63. The van der Waals surface area contributed by atoms with Gasteiger partial charge in [0.25, 0.3) is 0 Å². The zero-order chi connectivity index (χ0) is 19.4. The van der Waals surface area contributed by atoms with Gasteiger partial charge in [0.15, 0.2) is 6.10 Å². The molecule has 0 N–H and O–H groups in total. The molecular weight excluding hydrogens is 342 g/mol. The monoisotopic (exact) mass is 365 g/mol. The van der Waals surface area contributed by atoms with Crippen LogP contribution in [-0.2, 0) is 14.3 Å². The van der Waals surface area contributed by atoms with Crippen molar-refractivity contribution in [2.45, 2.75) is 13.0 Å². The Morgan fingerprint density at radius 2 is 1.63 bits per heavy atom. The van der Waals surface area contributed by atoms with E-state index in [1.54, 1.807) is 7.11 Å². The van der Waals surface area contributed by atoms with Crippen LogP contribution in [0, 0.1) is 6.92 Å².